The third-order valence-electron chi connectivity index (χ3n) is 3.73. The van der Waals surface area contributed by atoms with Crippen LogP contribution in [0.1, 0.15) is 31.0 Å². The zero-order valence-corrected chi connectivity index (χ0v) is 14.5. The minimum atomic E-state index is -4.66. The van der Waals surface area contributed by atoms with E-state index in [-0.39, 0.29) is 29.0 Å². The van der Waals surface area contributed by atoms with Gasteiger partial charge in [0.05, 0.1) is 6.20 Å². The Morgan fingerprint density at radius 2 is 1.85 bits per heavy atom. The summed E-state index contributed by atoms with van der Waals surface area (Å²) < 4.78 is 39.8. The second-order valence-corrected chi connectivity index (χ2v) is 6.10. The van der Waals surface area contributed by atoms with Crippen LogP contribution in [0.15, 0.2) is 42.9 Å². The molecule has 6 nitrogen and oxygen atoms in total. The molecule has 2 aromatic heterocycles. The average Bonchev–Trinajstić information content (AvgIpc) is 2.61. The molecule has 0 radical (unpaired) electrons. The molecule has 3 rings (SSSR count). The van der Waals surface area contributed by atoms with Crippen molar-refractivity contribution >= 4 is 11.5 Å². The molecule has 0 unspecified atom stereocenters. The Bertz CT molecular complexity index is 945. The SMILES string of the molecule is CC(C)c1ccc(O)cc1Nc1cc(C(F)(F)F)nc(-c2cnccn2)n1. The normalized spacial score (nSPS) is 11.6. The minimum absolute atomic E-state index is 0.0128. The van der Waals surface area contributed by atoms with E-state index in [0.717, 1.165) is 11.6 Å². The molecule has 3 aromatic rings. The summed E-state index contributed by atoms with van der Waals surface area (Å²) in [5.74, 6) is -0.199. The van der Waals surface area contributed by atoms with Crippen molar-refractivity contribution in [2.45, 2.75) is 25.9 Å². The predicted molar refractivity (Wildman–Crippen MR) is 93.5 cm³/mol. The molecule has 2 N–H and O–H groups in total. The number of anilines is 2. The second kappa shape index (κ2) is 7.18. The smallest absolute Gasteiger partial charge is 0.433 e. The number of halogens is 3. The molecule has 27 heavy (non-hydrogen) atoms. The van der Waals surface area contributed by atoms with E-state index in [1.807, 2.05) is 13.8 Å². The Morgan fingerprint density at radius 3 is 2.48 bits per heavy atom. The molecule has 2 heterocycles. The molecule has 0 aliphatic heterocycles. The van der Waals surface area contributed by atoms with Gasteiger partial charge in [-0.15, -0.1) is 0 Å². The third kappa shape index (κ3) is 4.30. The summed E-state index contributed by atoms with van der Waals surface area (Å²) in [6.45, 7) is 3.87. The van der Waals surface area contributed by atoms with Crippen LogP contribution in [0.5, 0.6) is 5.75 Å². The van der Waals surface area contributed by atoms with Gasteiger partial charge < -0.3 is 10.4 Å². The van der Waals surface area contributed by atoms with Gasteiger partial charge in [-0.3, -0.25) is 4.98 Å². The predicted octanol–water partition coefficient (Wildman–Crippen LogP) is 4.53. The van der Waals surface area contributed by atoms with Crippen LogP contribution >= 0.6 is 0 Å². The summed E-state index contributed by atoms with van der Waals surface area (Å²) in [4.78, 5) is 15.5. The quantitative estimate of drug-likeness (QED) is 0.697. The van der Waals surface area contributed by atoms with E-state index in [4.69, 9.17) is 0 Å². The third-order valence-corrected chi connectivity index (χ3v) is 3.73. The Morgan fingerprint density at radius 1 is 1.07 bits per heavy atom. The molecular formula is C18H16F3N5O. The number of phenols is 1. The highest BCUT2D eigenvalue weighted by Crippen LogP contribution is 2.33. The van der Waals surface area contributed by atoms with Crippen LogP contribution in [0.25, 0.3) is 11.5 Å². The number of aromatic nitrogens is 4. The number of aromatic hydroxyl groups is 1. The van der Waals surface area contributed by atoms with E-state index in [0.29, 0.717) is 5.69 Å². The summed E-state index contributed by atoms with van der Waals surface area (Å²) in [6, 6.07) is 5.48. The number of benzene rings is 1. The lowest BCUT2D eigenvalue weighted by Gasteiger charge is -2.16. The Labute approximate surface area is 153 Å². The van der Waals surface area contributed by atoms with Gasteiger partial charge in [0.2, 0.25) is 0 Å². The fourth-order valence-corrected chi connectivity index (χ4v) is 2.48. The first-order chi connectivity index (χ1) is 12.7. The first-order valence-electron chi connectivity index (χ1n) is 8.06. The number of rotatable bonds is 4. The van der Waals surface area contributed by atoms with E-state index >= 15 is 0 Å². The number of hydrogen-bond acceptors (Lipinski definition) is 6. The van der Waals surface area contributed by atoms with Gasteiger partial charge in [-0.05, 0) is 17.5 Å². The van der Waals surface area contributed by atoms with Gasteiger partial charge in [0.15, 0.2) is 11.5 Å². The molecule has 0 spiro atoms. The molecule has 140 valence electrons. The summed E-state index contributed by atoms with van der Waals surface area (Å²) in [5.41, 5.74) is 0.293. The highest BCUT2D eigenvalue weighted by molar-refractivity contribution is 5.65. The van der Waals surface area contributed by atoms with Gasteiger partial charge in [0.1, 0.15) is 17.3 Å². The molecule has 0 aliphatic carbocycles. The molecular weight excluding hydrogens is 359 g/mol. The molecule has 0 amide bonds. The van der Waals surface area contributed by atoms with Gasteiger partial charge in [-0.2, -0.15) is 13.2 Å². The van der Waals surface area contributed by atoms with Gasteiger partial charge in [-0.1, -0.05) is 19.9 Å². The Balaban J connectivity index is 2.09. The zero-order chi connectivity index (χ0) is 19.6. The summed E-state index contributed by atoms with van der Waals surface area (Å²) in [5, 5.41) is 12.6. The highest BCUT2D eigenvalue weighted by atomic mass is 19.4. The first-order valence-corrected chi connectivity index (χ1v) is 8.06. The fourth-order valence-electron chi connectivity index (χ4n) is 2.48. The van der Waals surface area contributed by atoms with Gasteiger partial charge in [-0.25, -0.2) is 15.0 Å². The van der Waals surface area contributed by atoms with Crippen molar-refractivity contribution in [1.82, 2.24) is 19.9 Å². The molecule has 1 aromatic carbocycles. The zero-order valence-electron chi connectivity index (χ0n) is 14.5. The molecule has 0 aliphatic rings. The van der Waals surface area contributed by atoms with Crippen molar-refractivity contribution < 1.29 is 18.3 Å². The van der Waals surface area contributed by atoms with Crippen molar-refractivity contribution in [2.75, 3.05) is 5.32 Å². The van der Waals surface area contributed by atoms with E-state index in [2.05, 4.69) is 25.3 Å². The van der Waals surface area contributed by atoms with Crippen molar-refractivity contribution in [3.05, 3.63) is 54.1 Å². The molecule has 0 saturated heterocycles. The molecule has 0 fully saturated rings. The summed E-state index contributed by atoms with van der Waals surface area (Å²) in [7, 11) is 0. The average molecular weight is 375 g/mol. The van der Waals surface area contributed by atoms with Crippen LogP contribution in [-0.2, 0) is 6.18 Å². The van der Waals surface area contributed by atoms with Crippen molar-refractivity contribution in [3.8, 4) is 17.3 Å². The summed E-state index contributed by atoms with van der Waals surface area (Å²) in [6.07, 6.45) is -0.626. The van der Waals surface area contributed by atoms with Crippen LogP contribution in [-0.4, -0.2) is 25.0 Å². The van der Waals surface area contributed by atoms with E-state index in [1.165, 1.54) is 30.7 Å². The maximum atomic E-state index is 13.3. The molecule has 0 atom stereocenters. The maximum Gasteiger partial charge on any atom is 0.433 e. The fraction of sp³-hybridized carbons (Fsp3) is 0.222. The lowest BCUT2D eigenvalue weighted by molar-refractivity contribution is -0.141. The minimum Gasteiger partial charge on any atom is -0.508 e. The molecule has 0 saturated carbocycles. The molecule has 9 heteroatoms. The van der Waals surface area contributed by atoms with E-state index < -0.39 is 11.9 Å². The lowest BCUT2D eigenvalue weighted by Crippen LogP contribution is -2.11. The highest BCUT2D eigenvalue weighted by Gasteiger charge is 2.34. The maximum absolute atomic E-state index is 13.3. The second-order valence-electron chi connectivity index (χ2n) is 6.10. The van der Waals surface area contributed by atoms with Crippen LogP contribution in [0, 0.1) is 0 Å². The van der Waals surface area contributed by atoms with Crippen LogP contribution < -0.4 is 5.32 Å². The number of hydrogen-bond donors (Lipinski definition) is 2. The Kier molecular flexibility index (Phi) is 4.93. The standard InChI is InChI=1S/C18H16F3N5O/c1-10(2)12-4-3-11(27)7-13(12)24-16-8-15(18(19,20)21)25-17(26-16)14-9-22-5-6-23-14/h3-10,27H,1-2H3,(H,24,25,26). The van der Waals surface area contributed by atoms with E-state index in [9.17, 15) is 18.3 Å². The van der Waals surface area contributed by atoms with Gasteiger partial charge >= 0.3 is 6.18 Å². The Hall–Kier alpha value is -3.23. The van der Waals surface area contributed by atoms with Crippen molar-refractivity contribution in [2.24, 2.45) is 0 Å². The van der Waals surface area contributed by atoms with Crippen LogP contribution in [0.3, 0.4) is 0 Å². The number of nitrogens with one attached hydrogen (secondary N) is 1. The monoisotopic (exact) mass is 375 g/mol. The molecule has 0 bridgehead atoms. The number of nitrogens with zero attached hydrogens (tertiary/aromatic N) is 4. The lowest BCUT2D eigenvalue weighted by atomic mass is 10.0. The van der Waals surface area contributed by atoms with E-state index in [1.54, 1.807) is 6.07 Å². The van der Waals surface area contributed by atoms with Gasteiger partial charge in [0, 0.05) is 30.2 Å². The van der Waals surface area contributed by atoms with Crippen molar-refractivity contribution in [1.29, 1.82) is 0 Å². The summed E-state index contributed by atoms with van der Waals surface area (Å²) >= 11 is 0. The number of alkyl halides is 3. The van der Waals surface area contributed by atoms with Crippen LogP contribution in [0.4, 0.5) is 24.7 Å². The number of phenolic OH excluding ortho intramolecular Hbond substituents is 1. The first kappa shape index (κ1) is 18.6. The topological polar surface area (TPSA) is 83.8 Å². The largest absolute Gasteiger partial charge is 0.508 e. The van der Waals surface area contributed by atoms with Crippen molar-refractivity contribution in [3.63, 3.8) is 0 Å². The van der Waals surface area contributed by atoms with Crippen LogP contribution in [0.2, 0.25) is 0 Å². The van der Waals surface area contributed by atoms with Gasteiger partial charge in [0.25, 0.3) is 0 Å².